The van der Waals surface area contributed by atoms with E-state index in [-0.39, 0.29) is 0 Å². The lowest BCUT2D eigenvalue weighted by molar-refractivity contribution is 1.30. The van der Waals surface area contributed by atoms with E-state index >= 15 is 0 Å². The van der Waals surface area contributed by atoms with Crippen LogP contribution in [0.2, 0.25) is 19.6 Å². The van der Waals surface area contributed by atoms with Gasteiger partial charge in [0.1, 0.15) is 0 Å². The molecule has 0 nitrogen and oxygen atoms in total. The maximum atomic E-state index is 4.15. The van der Waals surface area contributed by atoms with Gasteiger partial charge >= 0.3 is 0 Å². The van der Waals surface area contributed by atoms with Crippen LogP contribution in [0.15, 0.2) is 35.6 Å². The molecule has 0 fully saturated rings. The van der Waals surface area contributed by atoms with E-state index in [0.717, 1.165) is 0 Å². The number of alkyl halides is 1. The summed E-state index contributed by atoms with van der Waals surface area (Å²) in [4.78, 5) is 0. The molecule has 0 heterocycles. The maximum Gasteiger partial charge on any atom is 0.0779 e. The number of allylic oxidation sites excluding steroid dienone is 5. The number of hydrogen-bond donors (Lipinski definition) is 0. The van der Waals surface area contributed by atoms with Gasteiger partial charge in [-0.2, -0.15) is 0 Å². The largest absolute Gasteiger partial charge is 0.0946 e. The zero-order valence-electron chi connectivity index (χ0n) is 7.89. The van der Waals surface area contributed by atoms with Crippen LogP contribution in [0.1, 0.15) is 0 Å². The van der Waals surface area contributed by atoms with Crippen molar-refractivity contribution in [2.75, 3.05) is 0 Å². The van der Waals surface area contributed by atoms with Gasteiger partial charge in [-0.15, -0.1) is 0 Å². The Morgan fingerprint density at radius 1 is 1.42 bits per heavy atom. The van der Waals surface area contributed by atoms with Crippen LogP contribution < -0.4 is 0 Å². The lowest BCUT2D eigenvalue weighted by Crippen LogP contribution is -2.28. The molecule has 0 aliphatic heterocycles. The summed E-state index contributed by atoms with van der Waals surface area (Å²) in [6, 6.07) is 0. The van der Waals surface area contributed by atoms with Crippen molar-refractivity contribution in [1.82, 2.24) is 0 Å². The smallest absolute Gasteiger partial charge is 0.0779 e. The Labute approximate surface area is 89.6 Å². The first kappa shape index (κ1) is 10.2. The summed E-state index contributed by atoms with van der Waals surface area (Å²) in [5.41, 5.74) is 1.32. The molecule has 1 rings (SSSR count). The van der Waals surface area contributed by atoms with Crippen molar-refractivity contribution in [2.24, 2.45) is 0 Å². The topological polar surface area (TPSA) is 0 Å². The third-order valence-corrected chi connectivity index (χ3v) is 5.30. The molecule has 0 bridgehead atoms. The Balaban J connectivity index is 2.99. The second kappa shape index (κ2) is 3.50. The third kappa shape index (κ3) is 2.10. The quantitative estimate of drug-likeness (QED) is 0.392. The molecule has 0 aromatic carbocycles. The average Bonchev–Trinajstić information content (AvgIpc) is 1.92. The highest BCUT2D eigenvalue weighted by Crippen LogP contribution is 2.30. The molecule has 0 saturated carbocycles. The first-order valence-corrected chi connectivity index (χ1v) is 8.89. The first-order chi connectivity index (χ1) is 5.43. The molecule has 0 N–H and O–H groups in total. The summed E-state index contributed by atoms with van der Waals surface area (Å²) in [7, 11) is -1.16. The summed E-state index contributed by atoms with van der Waals surface area (Å²) >= 11 is 2.43. The van der Waals surface area contributed by atoms with E-state index in [0.29, 0.717) is 3.92 Å². The van der Waals surface area contributed by atoms with Gasteiger partial charge in [-0.1, -0.05) is 72.2 Å². The Kier molecular flexibility index (Phi) is 2.99. The molecule has 0 amide bonds. The van der Waals surface area contributed by atoms with Gasteiger partial charge in [-0.3, -0.25) is 0 Å². The maximum absolute atomic E-state index is 4.15. The van der Waals surface area contributed by atoms with Crippen LogP contribution in [0.25, 0.3) is 0 Å². The van der Waals surface area contributed by atoms with E-state index in [2.05, 4.69) is 67.0 Å². The van der Waals surface area contributed by atoms with E-state index < -0.39 is 8.07 Å². The second-order valence-corrected chi connectivity index (χ2v) is 10.5. The monoisotopic (exact) mass is 290 g/mol. The minimum Gasteiger partial charge on any atom is -0.0946 e. The van der Waals surface area contributed by atoms with Crippen molar-refractivity contribution >= 4 is 30.7 Å². The zero-order chi connectivity index (χ0) is 9.35. The van der Waals surface area contributed by atoms with Gasteiger partial charge in [-0.05, 0) is 5.57 Å². The average molecular weight is 290 g/mol. The van der Waals surface area contributed by atoms with E-state index in [1.165, 1.54) is 10.8 Å². The molecule has 1 aliphatic carbocycles. The Morgan fingerprint density at radius 3 is 2.42 bits per heavy atom. The first-order valence-electron chi connectivity index (χ1n) is 4.15. The van der Waals surface area contributed by atoms with Gasteiger partial charge in [0.25, 0.3) is 0 Å². The van der Waals surface area contributed by atoms with Crippen LogP contribution in [0.4, 0.5) is 0 Å². The summed E-state index contributed by atoms with van der Waals surface area (Å²) in [6.45, 7) is 11.3. The van der Waals surface area contributed by atoms with E-state index in [1.54, 1.807) is 0 Å². The summed E-state index contributed by atoms with van der Waals surface area (Å²) < 4.78 is 0.509. The van der Waals surface area contributed by atoms with E-state index in [4.69, 9.17) is 0 Å². The molecule has 0 radical (unpaired) electrons. The van der Waals surface area contributed by atoms with Crippen molar-refractivity contribution in [3.8, 4) is 0 Å². The molecule has 0 spiro atoms. The van der Waals surface area contributed by atoms with Crippen molar-refractivity contribution in [3.63, 3.8) is 0 Å². The molecular weight excluding hydrogens is 275 g/mol. The molecule has 12 heavy (non-hydrogen) atoms. The van der Waals surface area contributed by atoms with Crippen LogP contribution in [0.3, 0.4) is 0 Å². The highest BCUT2D eigenvalue weighted by atomic mass is 127. The molecule has 1 unspecified atom stereocenters. The summed E-state index contributed by atoms with van der Waals surface area (Å²) in [5.74, 6) is 0. The highest BCUT2D eigenvalue weighted by Gasteiger charge is 2.25. The van der Waals surface area contributed by atoms with Crippen LogP contribution in [0, 0.1) is 0 Å². The summed E-state index contributed by atoms with van der Waals surface area (Å²) in [5, 5.41) is 1.52. The predicted octanol–water partition coefficient (Wildman–Crippen LogP) is 3.72. The minimum atomic E-state index is -1.16. The third-order valence-electron chi connectivity index (χ3n) is 2.03. The van der Waals surface area contributed by atoms with Gasteiger partial charge in [0.2, 0.25) is 0 Å². The molecule has 0 saturated heterocycles. The number of rotatable bonds is 1. The van der Waals surface area contributed by atoms with Crippen molar-refractivity contribution in [1.29, 1.82) is 0 Å². The van der Waals surface area contributed by atoms with Gasteiger partial charge in [0.05, 0.1) is 12.0 Å². The van der Waals surface area contributed by atoms with Crippen LogP contribution >= 0.6 is 22.6 Å². The Hall–Kier alpha value is 0.167. The molecule has 0 aromatic rings. The number of halogens is 1. The molecule has 66 valence electrons. The lowest BCUT2D eigenvalue weighted by Gasteiger charge is -2.26. The zero-order valence-corrected chi connectivity index (χ0v) is 11.1. The fourth-order valence-electron chi connectivity index (χ4n) is 1.35. The van der Waals surface area contributed by atoms with Gasteiger partial charge in [0.15, 0.2) is 0 Å². The van der Waals surface area contributed by atoms with Crippen molar-refractivity contribution in [3.05, 3.63) is 35.6 Å². The molecule has 1 atom stereocenters. The number of hydrogen-bond acceptors (Lipinski definition) is 0. The second-order valence-electron chi connectivity index (χ2n) is 4.14. The van der Waals surface area contributed by atoms with Crippen LogP contribution in [-0.4, -0.2) is 12.0 Å². The fourth-order valence-corrected chi connectivity index (χ4v) is 3.94. The minimum absolute atomic E-state index is 0.509. The van der Waals surface area contributed by atoms with Crippen molar-refractivity contribution < 1.29 is 0 Å². The van der Waals surface area contributed by atoms with E-state index in [1.807, 2.05) is 0 Å². The van der Waals surface area contributed by atoms with Gasteiger partial charge in [0, 0.05) is 0 Å². The lowest BCUT2D eigenvalue weighted by atomic mass is 10.1. The molecule has 0 aromatic heterocycles. The van der Waals surface area contributed by atoms with Gasteiger partial charge in [-0.25, -0.2) is 0 Å². The normalized spacial score (nSPS) is 24.2. The van der Waals surface area contributed by atoms with Crippen LogP contribution in [0.5, 0.6) is 0 Å². The van der Waals surface area contributed by atoms with Gasteiger partial charge < -0.3 is 0 Å². The Morgan fingerprint density at radius 2 is 2.00 bits per heavy atom. The standard InChI is InChI=1S/C10H15ISi/c1-8-9(11)6-5-7-10(8)12(2,3)4/h5-7,9H,1H2,2-4H3. The Bertz CT molecular complexity index is 256. The van der Waals surface area contributed by atoms with Crippen LogP contribution in [-0.2, 0) is 0 Å². The summed E-state index contributed by atoms with van der Waals surface area (Å²) in [6.07, 6.45) is 6.61. The van der Waals surface area contributed by atoms with E-state index in [9.17, 15) is 0 Å². The highest BCUT2D eigenvalue weighted by molar-refractivity contribution is 14.1. The predicted molar refractivity (Wildman–Crippen MR) is 67.5 cm³/mol. The fraction of sp³-hybridized carbons (Fsp3) is 0.400. The SMILES string of the molecule is C=C1C([Si](C)(C)C)=CC=CC1I. The molecular formula is C10H15ISi. The molecule has 2 heteroatoms. The van der Waals surface area contributed by atoms with Crippen molar-refractivity contribution in [2.45, 2.75) is 23.6 Å². The molecule has 1 aliphatic rings.